The lowest BCUT2D eigenvalue weighted by Gasteiger charge is -2.24. The molecule has 2 fully saturated rings. The number of unbranched alkanes of at least 4 members (excludes halogenated alkanes) is 1. The van der Waals surface area contributed by atoms with Crippen molar-refractivity contribution in [2.24, 2.45) is 5.92 Å². The Labute approximate surface area is 110 Å². The van der Waals surface area contributed by atoms with Crippen LogP contribution in [-0.2, 0) is 14.3 Å². The van der Waals surface area contributed by atoms with Gasteiger partial charge in [0.15, 0.2) is 6.29 Å². The van der Waals surface area contributed by atoms with Crippen molar-refractivity contribution in [2.45, 2.75) is 51.7 Å². The van der Waals surface area contributed by atoms with Crippen molar-refractivity contribution in [3.8, 4) is 0 Å². The zero-order valence-electron chi connectivity index (χ0n) is 11.4. The first kappa shape index (κ1) is 13.8. The van der Waals surface area contributed by atoms with Gasteiger partial charge < -0.3 is 14.4 Å². The van der Waals surface area contributed by atoms with Gasteiger partial charge in [0.25, 0.3) is 0 Å². The van der Waals surface area contributed by atoms with E-state index in [0.717, 1.165) is 45.4 Å². The van der Waals surface area contributed by atoms with Gasteiger partial charge in [-0.05, 0) is 25.7 Å². The van der Waals surface area contributed by atoms with Crippen LogP contribution in [0.25, 0.3) is 0 Å². The van der Waals surface area contributed by atoms with Crippen LogP contribution >= 0.6 is 0 Å². The van der Waals surface area contributed by atoms with Crippen molar-refractivity contribution in [3.63, 3.8) is 0 Å². The molecule has 0 aliphatic carbocycles. The van der Waals surface area contributed by atoms with E-state index in [4.69, 9.17) is 9.47 Å². The van der Waals surface area contributed by atoms with Crippen LogP contribution in [0, 0.1) is 5.92 Å². The summed E-state index contributed by atoms with van der Waals surface area (Å²) in [5.74, 6) is 0.654. The topological polar surface area (TPSA) is 38.8 Å². The van der Waals surface area contributed by atoms with Crippen LogP contribution in [0.4, 0.5) is 0 Å². The van der Waals surface area contributed by atoms with Crippen molar-refractivity contribution in [3.05, 3.63) is 0 Å². The van der Waals surface area contributed by atoms with E-state index in [2.05, 4.69) is 6.92 Å². The smallest absolute Gasteiger partial charge is 0.223 e. The minimum Gasteiger partial charge on any atom is -0.353 e. The zero-order valence-corrected chi connectivity index (χ0v) is 11.4. The molecular weight excluding hydrogens is 230 g/mol. The number of amides is 1. The SMILES string of the molecule is CCCCN1CC(COC2CCCCO2)CC1=O. The molecule has 18 heavy (non-hydrogen) atoms. The van der Waals surface area contributed by atoms with Crippen molar-refractivity contribution in [1.29, 1.82) is 0 Å². The molecule has 0 bridgehead atoms. The number of rotatable bonds is 6. The van der Waals surface area contributed by atoms with Crippen LogP contribution in [0.3, 0.4) is 0 Å². The van der Waals surface area contributed by atoms with E-state index in [1.807, 2.05) is 4.90 Å². The highest BCUT2D eigenvalue weighted by Crippen LogP contribution is 2.21. The number of carbonyl (C=O) groups excluding carboxylic acids is 1. The fourth-order valence-electron chi connectivity index (χ4n) is 2.62. The molecule has 2 heterocycles. The lowest BCUT2D eigenvalue weighted by molar-refractivity contribution is -0.168. The van der Waals surface area contributed by atoms with Crippen molar-refractivity contribution in [1.82, 2.24) is 4.90 Å². The van der Waals surface area contributed by atoms with Crippen molar-refractivity contribution < 1.29 is 14.3 Å². The number of ether oxygens (including phenoxy) is 2. The lowest BCUT2D eigenvalue weighted by atomic mass is 10.1. The number of nitrogens with zero attached hydrogens (tertiary/aromatic N) is 1. The van der Waals surface area contributed by atoms with Gasteiger partial charge in [-0.25, -0.2) is 0 Å². The van der Waals surface area contributed by atoms with E-state index in [1.165, 1.54) is 6.42 Å². The van der Waals surface area contributed by atoms with Crippen LogP contribution in [-0.4, -0.2) is 43.4 Å². The summed E-state index contributed by atoms with van der Waals surface area (Å²) in [5, 5.41) is 0. The van der Waals surface area contributed by atoms with Gasteiger partial charge in [0.1, 0.15) is 0 Å². The molecule has 4 heteroatoms. The van der Waals surface area contributed by atoms with Gasteiger partial charge in [-0.1, -0.05) is 13.3 Å². The Balaban J connectivity index is 1.66. The zero-order chi connectivity index (χ0) is 12.8. The van der Waals surface area contributed by atoms with E-state index >= 15 is 0 Å². The van der Waals surface area contributed by atoms with Gasteiger partial charge in [-0.15, -0.1) is 0 Å². The van der Waals surface area contributed by atoms with Crippen molar-refractivity contribution >= 4 is 5.91 Å². The van der Waals surface area contributed by atoms with Crippen LogP contribution in [0.5, 0.6) is 0 Å². The maximum absolute atomic E-state index is 11.8. The molecule has 4 nitrogen and oxygen atoms in total. The predicted molar refractivity (Wildman–Crippen MR) is 69.1 cm³/mol. The first-order valence-electron chi connectivity index (χ1n) is 7.30. The molecule has 0 aromatic heterocycles. The standard InChI is InChI=1S/C14H25NO3/c1-2-3-7-15-10-12(9-13(15)16)11-18-14-6-4-5-8-17-14/h12,14H,2-11H2,1H3. The second-order valence-corrected chi connectivity index (χ2v) is 5.39. The third kappa shape index (κ3) is 3.95. The molecule has 2 unspecified atom stereocenters. The minimum atomic E-state index is -0.0291. The summed E-state index contributed by atoms with van der Waals surface area (Å²) in [4.78, 5) is 13.8. The second-order valence-electron chi connectivity index (χ2n) is 5.39. The maximum Gasteiger partial charge on any atom is 0.223 e. The second kappa shape index (κ2) is 7.10. The summed E-state index contributed by atoms with van der Waals surface area (Å²) in [6.45, 7) is 5.41. The molecule has 2 aliphatic rings. The summed E-state index contributed by atoms with van der Waals surface area (Å²) in [6.07, 6.45) is 6.20. The fraction of sp³-hybridized carbons (Fsp3) is 0.929. The third-order valence-electron chi connectivity index (χ3n) is 3.73. The van der Waals surface area contributed by atoms with Gasteiger partial charge in [0, 0.05) is 32.0 Å². The van der Waals surface area contributed by atoms with Gasteiger partial charge in [0.05, 0.1) is 6.61 Å². The molecule has 2 rings (SSSR count). The molecule has 104 valence electrons. The normalized spacial score (nSPS) is 28.9. The average Bonchev–Trinajstić information content (AvgIpc) is 2.76. The van der Waals surface area contributed by atoms with Crippen LogP contribution in [0.1, 0.15) is 45.4 Å². The molecule has 0 radical (unpaired) electrons. The number of carbonyl (C=O) groups is 1. The number of hydrogen-bond donors (Lipinski definition) is 0. The maximum atomic E-state index is 11.8. The summed E-state index contributed by atoms with van der Waals surface area (Å²) in [7, 11) is 0. The average molecular weight is 255 g/mol. The number of hydrogen-bond acceptors (Lipinski definition) is 3. The first-order valence-corrected chi connectivity index (χ1v) is 7.30. The lowest BCUT2D eigenvalue weighted by Crippen LogP contribution is -2.28. The predicted octanol–water partition coefficient (Wildman–Crippen LogP) is 2.18. The largest absolute Gasteiger partial charge is 0.353 e. The highest BCUT2D eigenvalue weighted by Gasteiger charge is 2.29. The highest BCUT2D eigenvalue weighted by atomic mass is 16.7. The molecule has 1 amide bonds. The van der Waals surface area contributed by atoms with E-state index < -0.39 is 0 Å². The molecule has 2 saturated heterocycles. The van der Waals surface area contributed by atoms with Gasteiger partial charge in [-0.2, -0.15) is 0 Å². The molecule has 2 aliphatic heterocycles. The summed E-state index contributed by atoms with van der Waals surface area (Å²) < 4.78 is 11.3. The van der Waals surface area contributed by atoms with Crippen LogP contribution in [0.2, 0.25) is 0 Å². The van der Waals surface area contributed by atoms with Gasteiger partial charge in [0.2, 0.25) is 5.91 Å². The van der Waals surface area contributed by atoms with E-state index in [9.17, 15) is 4.79 Å². The van der Waals surface area contributed by atoms with Crippen molar-refractivity contribution in [2.75, 3.05) is 26.3 Å². The Kier molecular flexibility index (Phi) is 5.45. The minimum absolute atomic E-state index is 0.0291. The fourth-order valence-corrected chi connectivity index (χ4v) is 2.62. The van der Waals surface area contributed by atoms with Gasteiger partial charge in [-0.3, -0.25) is 4.79 Å². The Morgan fingerprint density at radius 3 is 3.06 bits per heavy atom. The van der Waals surface area contributed by atoms with Gasteiger partial charge >= 0.3 is 0 Å². The quantitative estimate of drug-likeness (QED) is 0.730. The molecule has 0 N–H and O–H groups in total. The third-order valence-corrected chi connectivity index (χ3v) is 3.73. The molecule has 0 aromatic carbocycles. The van der Waals surface area contributed by atoms with E-state index in [1.54, 1.807) is 0 Å². The molecular formula is C14H25NO3. The Hall–Kier alpha value is -0.610. The summed E-state index contributed by atoms with van der Waals surface area (Å²) >= 11 is 0. The molecule has 0 spiro atoms. The monoisotopic (exact) mass is 255 g/mol. The first-order chi connectivity index (χ1) is 8.79. The van der Waals surface area contributed by atoms with Crippen LogP contribution in [0.15, 0.2) is 0 Å². The Morgan fingerprint density at radius 2 is 2.33 bits per heavy atom. The number of likely N-dealkylation sites (tertiary alicyclic amines) is 1. The molecule has 0 aromatic rings. The Morgan fingerprint density at radius 1 is 1.44 bits per heavy atom. The highest BCUT2D eigenvalue weighted by molar-refractivity contribution is 5.78. The summed E-state index contributed by atoms with van der Waals surface area (Å²) in [5.41, 5.74) is 0. The molecule has 2 atom stereocenters. The molecule has 0 saturated carbocycles. The Bertz CT molecular complexity index is 264. The van der Waals surface area contributed by atoms with E-state index in [0.29, 0.717) is 24.9 Å². The van der Waals surface area contributed by atoms with Crippen LogP contribution < -0.4 is 0 Å². The summed E-state index contributed by atoms with van der Waals surface area (Å²) in [6, 6.07) is 0. The van der Waals surface area contributed by atoms with E-state index in [-0.39, 0.29) is 6.29 Å².